The number of hydrogen-bond acceptors (Lipinski definition) is 4. The highest BCUT2D eigenvalue weighted by atomic mass is 32.2. The van der Waals surface area contributed by atoms with E-state index in [4.69, 9.17) is 4.52 Å². The molecule has 2 rings (SSSR count). The minimum Gasteiger partial charge on any atom is -0.321 e. The number of thioether (sulfide) groups is 1. The molecule has 23 heavy (non-hydrogen) atoms. The number of hydrogen-bond donors (Lipinski definition) is 1. The Hall–Kier alpha value is -1.17. The van der Waals surface area contributed by atoms with Crippen molar-refractivity contribution in [2.24, 2.45) is 0 Å². The van der Waals surface area contributed by atoms with Crippen LogP contribution in [0.25, 0.3) is 5.65 Å². The highest BCUT2D eigenvalue weighted by Crippen LogP contribution is 2.26. The van der Waals surface area contributed by atoms with E-state index in [1.54, 1.807) is 11.8 Å². The van der Waals surface area contributed by atoms with E-state index in [1.165, 1.54) is 68.7 Å². The summed E-state index contributed by atoms with van der Waals surface area (Å²) in [4.78, 5) is 12.4. The van der Waals surface area contributed by atoms with Crippen molar-refractivity contribution in [3.05, 3.63) is 16.2 Å². The number of aromatic amines is 1. The summed E-state index contributed by atoms with van der Waals surface area (Å²) in [6.07, 6.45) is 13.5. The van der Waals surface area contributed by atoms with Crippen LogP contribution in [-0.4, -0.2) is 20.5 Å². The van der Waals surface area contributed by atoms with Crippen LogP contribution in [0.1, 0.15) is 76.8 Å². The number of nitrogens with zero attached hydrogens (tertiary/aromatic N) is 2. The van der Waals surface area contributed by atoms with Crippen molar-refractivity contribution in [1.29, 1.82) is 0 Å². The molecule has 130 valence electrons. The van der Waals surface area contributed by atoms with E-state index < -0.39 is 5.76 Å². The molecule has 0 aliphatic carbocycles. The van der Waals surface area contributed by atoms with Gasteiger partial charge in [0.05, 0.1) is 10.6 Å². The van der Waals surface area contributed by atoms with Crippen LogP contribution in [0.5, 0.6) is 0 Å². The second-order valence-electron chi connectivity index (χ2n) is 6.18. The third-order valence-corrected chi connectivity index (χ3v) is 5.43. The molecule has 0 aromatic carbocycles. The molecule has 0 aliphatic rings. The maximum absolute atomic E-state index is 11.4. The molecule has 0 radical (unpaired) electrons. The standard InChI is InChI=1S/C17H29N3O2S/c1-3-4-5-6-7-8-9-10-11-12-13-23-15-14(2)18-20-16(15)19-22-17(20)21/h19H,3-13H2,1-2H3. The lowest BCUT2D eigenvalue weighted by atomic mass is 10.1. The molecule has 2 aromatic heterocycles. The third kappa shape index (κ3) is 5.44. The Kier molecular flexibility index (Phi) is 7.79. The Morgan fingerprint density at radius 3 is 2.30 bits per heavy atom. The fourth-order valence-electron chi connectivity index (χ4n) is 2.81. The van der Waals surface area contributed by atoms with E-state index in [2.05, 4.69) is 17.2 Å². The molecule has 1 N–H and O–H groups in total. The second kappa shape index (κ2) is 9.85. The zero-order valence-electron chi connectivity index (χ0n) is 14.4. The van der Waals surface area contributed by atoms with Crippen LogP contribution < -0.4 is 5.76 Å². The van der Waals surface area contributed by atoms with Crippen molar-refractivity contribution in [3.8, 4) is 0 Å². The molecule has 0 saturated heterocycles. The van der Waals surface area contributed by atoms with Crippen molar-refractivity contribution in [1.82, 2.24) is 14.8 Å². The van der Waals surface area contributed by atoms with Crippen LogP contribution in [-0.2, 0) is 0 Å². The van der Waals surface area contributed by atoms with Crippen LogP contribution in [0, 0.1) is 6.92 Å². The number of aryl methyl sites for hydroxylation is 1. The first-order valence-corrected chi connectivity index (χ1v) is 9.92. The summed E-state index contributed by atoms with van der Waals surface area (Å²) in [7, 11) is 0. The van der Waals surface area contributed by atoms with Crippen molar-refractivity contribution in [2.75, 3.05) is 5.75 Å². The van der Waals surface area contributed by atoms with Crippen LogP contribution in [0.3, 0.4) is 0 Å². The molecule has 0 atom stereocenters. The molecule has 0 fully saturated rings. The Labute approximate surface area is 142 Å². The molecule has 5 nitrogen and oxygen atoms in total. The van der Waals surface area contributed by atoms with Crippen molar-refractivity contribution in [3.63, 3.8) is 0 Å². The average Bonchev–Trinajstić information content (AvgIpc) is 3.05. The van der Waals surface area contributed by atoms with E-state index in [0.29, 0.717) is 5.65 Å². The number of H-pyrrole nitrogens is 1. The predicted molar refractivity (Wildman–Crippen MR) is 95.4 cm³/mol. The topological polar surface area (TPSA) is 63.3 Å². The molecule has 0 aliphatic heterocycles. The van der Waals surface area contributed by atoms with Gasteiger partial charge in [-0.2, -0.15) is 10.3 Å². The number of aromatic nitrogens is 3. The van der Waals surface area contributed by atoms with Gasteiger partial charge in [0.25, 0.3) is 0 Å². The predicted octanol–water partition coefficient (Wildman–Crippen LogP) is 4.94. The monoisotopic (exact) mass is 339 g/mol. The highest BCUT2D eigenvalue weighted by molar-refractivity contribution is 7.99. The first-order chi connectivity index (χ1) is 11.2. The van der Waals surface area contributed by atoms with E-state index in [9.17, 15) is 4.79 Å². The lowest BCUT2D eigenvalue weighted by Crippen LogP contribution is -2.05. The largest absolute Gasteiger partial charge is 0.461 e. The summed E-state index contributed by atoms with van der Waals surface area (Å²) < 4.78 is 6.07. The number of fused-ring (bicyclic) bond motifs is 1. The molecule has 0 spiro atoms. The zero-order chi connectivity index (χ0) is 16.5. The van der Waals surface area contributed by atoms with Gasteiger partial charge in [-0.05, 0) is 19.1 Å². The molecule has 0 unspecified atom stereocenters. The minimum atomic E-state index is -0.450. The molecular weight excluding hydrogens is 310 g/mol. The normalized spacial score (nSPS) is 11.6. The van der Waals surface area contributed by atoms with Crippen LogP contribution in [0.2, 0.25) is 0 Å². The SMILES string of the molecule is CCCCCCCCCCCCSc1c(C)nn2c(=O)o[nH]c12. The number of rotatable bonds is 12. The van der Waals surface area contributed by atoms with E-state index in [0.717, 1.165) is 16.3 Å². The summed E-state index contributed by atoms with van der Waals surface area (Å²) in [6.45, 7) is 4.19. The lowest BCUT2D eigenvalue weighted by Gasteiger charge is -2.02. The van der Waals surface area contributed by atoms with Gasteiger partial charge in [-0.1, -0.05) is 64.7 Å². The molecule has 0 saturated carbocycles. The number of nitrogens with one attached hydrogen (secondary N) is 1. The van der Waals surface area contributed by atoms with Crippen LogP contribution >= 0.6 is 11.8 Å². The Bertz CT molecular complexity index is 629. The lowest BCUT2D eigenvalue weighted by molar-refractivity contribution is 0.382. The molecule has 6 heteroatoms. The first-order valence-electron chi connectivity index (χ1n) is 8.93. The number of unbranched alkanes of at least 4 members (excludes halogenated alkanes) is 9. The van der Waals surface area contributed by atoms with Gasteiger partial charge < -0.3 is 4.52 Å². The zero-order valence-corrected chi connectivity index (χ0v) is 15.2. The minimum absolute atomic E-state index is 0.450. The fourth-order valence-corrected chi connectivity index (χ4v) is 3.87. The van der Waals surface area contributed by atoms with E-state index >= 15 is 0 Å². The fraction of sp³-hybridized carbons (Fsp3) is 0.765. The maximum Gasteiger partial charge on any atom is 0.461 e. The van der Waals surface area contributed by atoms with Gasteiger partial charge in [-0.25, -0.2) is 4.79 Å². The second-order valence-corrected chi connectivity index (χ2v) is 7.28. The first kappa shape index (κ1) is 18.2. The molecule has 2 aromatic rings. The summed E-state index contributed by atoms with van der Waals surface area (Å²) in [5.74, 6) is 0.611. The Morgan fingerprint density at radius 1 is 1.04 bits per heavy atom. The summed E-state index contributed by atoms with van der Waals surface area (Å²) >= 11 is 1.76. The van der Waals surface area contributed by atoms with E-state index in [-0.39, 0.29) is 0 Å². The molecule has 0 amide bonds. The Balaban J connectivity index is 1.55. The molecular formula is C17H29N3O2S. The van der Waals surface area contributed by atoms with Crippen LogP contribution in [0.4, 0.5) is 0 Å². The van der Waals surface area contributed by atoms with Crippen molar-refractivity contribution in [2.45, 2.75) is 83.0 Å². The third-order valence-electron chi connectivity index (χ3n) is 4.16. The van der Waals surface area contributed by atoms with Gasteiger partial charge in [-0.15, -0.1) is 16.3 Å². The van der Waals surface area contributed by atoms with Gasteiger partial charge in [0.15, 0.2) is 5.65 Å². The van der Waals surface area contributed by atoms with Crippen molar-refractivity contribution < 1.29 is 4.52 Å². The van der Waals surface area contributed by atoms with E-state index in [1.807, 2.05) is 6.92 Å². The average molecular weight is 340 g/mol. The van der Waals surface area contributed by atoms with Gasteiger partial charge >= 0.3 is 5.76 Å². The maximum atomic E-state index is 11.4. The highest BCUT2D eigenvalue weighted by Gasteiger charge is 2.14. The van der Waals surface area contributed by atoms with Crippen molar-refractivity contribution >= 4 is 17.4 Å². The molecule has 2 heterocycles. The van der Waals surface area contributed by atoms with Gasteiger partial charge in [0, 0.05) is 0 Å². The summed E-state index contributed by atoms with van der Waals surface area (Å²) in [6, 6.07) is 0. The Morgan fingerprint density at radius 2 is 1.65 bits per heavy atom. The smallest absolute Gasteiger partial charge is 0.321 e. The molecule has 0 bridgehead atoms. The summed E-state index contributed by atoms with van der Waals surface area (Å²) in [5, 5.41) is 6.86. The quantitative estimate of drug-likeness (QED) is 0.439. The van der Waals surface area contributed by atoms with Gasteiger partial charge in [0.1, 0.15) is 0 Å². The summed E-state index contributed by atoms with van der Waals surface area (Å²) in [5.41, 5.74) is 1.57. The van der Waals surface area contributed by atoms with Crippen LogP contribution in [0.15, 0.2) is 14.2 Å². The van der Waals surface area contributed by atoms with Gasteiger partial charge in [0.2, 0.25) is 0 Å². The van der Waals surface area contributed by atoms with Gasteiger partial charge in [-0.3, -0.25) is 0 Å².